The van der Waals surface area contributed by atoms with Crippen LogP contribution in [0.3, 0.4) is 0 Å². The van der Waals surface area contributed by atoms with E-state index in [0.717, 1.165) is 37.4 Å². The molecule has 0 radical (unpaired) electrons. The number of methoxy groups -OCH3 is 1. The van der Waals surface area contributed by atoms with Crippen molar-refractivity contribution in [1.82, 2.24) is 19.5 Å². The zero-order valence-electron chi connectivity index (χ0n) is 23.8. The number of alkyl halides is 3. The zero-order chi connectivity index (χ0) is 30.5. The molecule has 0 spiro atoms. The van der Waals surface area contributed by atoms with E-state index in [2.05, 4.69) is 32.5 Å². The number of rotatable bonds is 7. The van der Waals surface area contributed by atoms with Gasteiger partial charge < -0.3 is 19.6 Å². The van der Waals surface area contributed by atoms with Gasteiger partial charge in [0.2, 0.25) is 5.90 Å². The summed E-state index contributed by atoms with van der Waals surface area (Å²) >= 11 is 0. The fourth-order valence-corrected chi connectivity index (χ4v) is 6.10. The second-order valence-electron chi connectivity index (χ2n) is 11.2. The number of piperazine rings is 1. The van der Waals surface area contributed by atoms with E-state index in [4.69, 9.17) is 9.72 Å². The van der Waals surface area contributed by atoms with Crippen LogP contribution in [-0.2, 0) is 4.74 Å². The summed E-state index contributed by atoms with van der Waals surface area (Å²) in [5.41, 5.74) is 0.901. The summed E-state index contributed by atoms with van der Waals surface area (Å²) in [6, 6.07) is 8.48. The van der Waals surface area contributed by atoms with Crippen molar-refractivity contribution in [3.05, 3.63) is 66.7 Å². The molecule has 7 heterocycles. The van der Waals surface area contributed by atoms with Crippen LogP contribution in [0, 0.1) is 11.3 Å². The van der Waals surface area contributed by atoms with Gasteiger partial charge in [0.05, 0.1) is 49.4 Å². The number of aliphatic imine (C=N–C) groups is 1. The molecule has 224 valence electrons. The van der Waals surface area contributed by atoms with Crippen molar-refractivity contribution in [3.8, 4) is 17.2 Å². The minimum absolute atomic E-state index is 0.342. The Morgan fingerprint density at radius 2 is 1.98 bits per heavy atom. The molecule has 0 aromatic carbocycles. The lowest BCUT2D eigenvalue weighted by molar-refractivity contribution is -0.267. The first-order chi connectivity index (χ1) is 20.5. The van der Waals surface area contributed by atoms with Crippen LogP contribution in [0.2, 0.25) is 0 Å². The minimum atomic E-state index is -4.72. The largest absolute Gasteiger partial charge is 0.481 e. The number of nitriles is 1. The Balaban J connectivity index is 1.18. The molecule has 0 aliphatic carbocycles. The maximum absolute atomic E-state index is 13.2. The number of fused-ring (bicyclic) bond motifs is 3. The van der Waals surface area contributed by atoms with Crippen molar-refractivity contribution < 1.29 is 23.0 Å². The van der Waals surface area contributed by atoms with Gasteiger partial charge in [-0.25, -0.2) is 9.50 Å². The summed E-state index contributed by atoms with van der Waals surface area (Å²) < 4.78 is 46.4. The highest BCUT2D eigenvalue weighted by Crippen LogP contribution is 2.41. The number of pyridine rings is 2. The van der Waals surface area contributed by atoms with E-state index in [1.807, 2.05) is 24.3 Å². The maximum Gasteiger partial charge on any atom is 0.420 e. The molecule has 13 heteroatoms. The van der Waals surface area contributed by atoms with E-state index in [1.54, 1.807) is 32.6 Å². The van der Waals surface area contributed by atoms with E-state index in [0.29, 0.717) is 45.9 Å². The van der Waals surface area contributed by atoms with Crippen molar-refractivity contribution in [2.45, 2.75) is 30.3 Å². The molecule has 4 saturated heterocycles. The first-order valence-electron chi connectivity index (χ1n) is 13.8. The fourth-order valence-electron chi connectivity index (χ4n) is 6.10. The van der Waals surface area contributed by atoms with Gasteiger partial charge in [-0.3, -0.25) is 9.89 Å². The van der Waals surface area contributed by atoms with Gasteiger partial charge in [-0.15, -0.1) is 0 Å². The highest BCUT2D eigenvalue weighted by atomic mass is 19.4. The molecule has 7 rings (SSSR count). The fraction of sp³-hybridized carbons (Fsp3) is 0.400. The lowest BCUT2D eigenvalue weighted by Crippen LogP contribution is -2.69. The second kappa shape index (κ2) is 10.7. The quantitative estimate of drug-likeness (QED) is 0.253. The van der Waals surface area contributed by atoms with Gasteiger partial charge in [-0.1, -0.05) is 12.7 Å². The number of hydrogen-bond acceptors (Lipinski definition) is 9. The molecule has 2 bridgehead atoms. The van der Waals surface area contributed by atoms with Crippen LogP contribution in [-0.4, -0.2) is 101 Å². The number of anilines is 2. The van der Waals surface area contributed by atoms with Gasteiger partial charge in [-0.05, 0) is 30.2 Å². The summed E-state index contributed by atoms with van der Waals surface area (Å²) in [7, 11) is 3.26. The molecule has 3 aromatic heterocycles. The number of nitrogens with zero attached hydrogens (tertiary/aromatic N) is 8. The van der Waals surface area contributed by atoms with Crippen LogP contribution in [0.15, 0.2) is 66.1 Å². The lowest BCUT2D eigenvalue weighted by Gasteiger charge is -2.56. The van der Waals surface area contributed by atoms with Crippen molar-refractivity contribution in [2.75, 3.05) is 56.7 Å². The highest BCUT2D eigenvalue weighted by molar-refractivity contribution is 5.88. The lowest BCUT2D eigenvalue weighted by atomic mass is 9.86. The predicted octanol–water partition coefficient (Wildman–Crippen LogP) is 3.43. The zero-order valence-corrected chi connectivity index (χ0v) is 23.8. The van der Waals surface area contributed by atoms with E-state index in [-0.39, 0.29) is 0 Å². The standard InChI is InChI=1S/C30H31F3N8O2/c1-19(4-7-27(35-2)43-3)13-40-23-8-24(40)15-38(14-23)26-6-5-20(11-36-26)25-9-22(16-41-28(25)21(10-34)12-37-41)39-17-29(42,18-39)30(31,32)33/h4-7,9,11-12,16,23-24,42H,1,8,13-15,17-18H2,2-3H3/b7-4-,35-27+. The highest BCUT2D eigenvalue weighted by Gasteiger charge is 2.61. The number of aliphatic hydroxyl groups is 1. The van der Waals surface area contributed by atoms with Crippen LogP contribution in [0.5, 0.6) is 0 Å². The van der Waals surface area contributed by atoms with Gasteiger partial charge in [0, 0.05) is 62.2 Å². The summed E-state index contributed by atoms with van der Waals surface area (Å²) in [6.45, 7) is 5.45. The van der Waals surface area contributed by atoms with E-state index < -0.39 is 24.9 Å². The van der Waals surface area contributed by atoms with E-state index in [1.165, 1.54) is 15.6 Å². The Morgan fingerprint density at radius 3 is 2.58 bits per heavy atom. The third-order valence-corrected chi connectivity index (χ3v) is 8.52. The topological polar surface area (TPSA) is 106 Å². The Morgan fingerprint density at radius 1 is 1.23 bits per heavy atom. The summed E-state index contributed by atoms with van der Waals surface area (Å²) in [4.78, 5) is 14.9. The van der Waals surface area contributed by atoms with Gasteiger partial charge >= 0.3 is 6.18 Å². The minimum Gasteiger partial charge on any atom is -0.481 e. The molecule has 4 fully saturated rings. The molecule has 2 unspecified atom stereocenters. The number of hydrogen-bond donors (Lipinski definition) is 1. The number of aromatic nitrogens is 3. The number of ether oxygens (including phenoxy) is 1. The number of piperidine rings is 1. The average Bonchev–Trinajstić information content (AvgIpc) is 3.41. The van der Waals surface area contributed by atoms with Crippen LogP contribution in [0.4, 0.5) is 24.7 Å². The Bertz CT molecular complexity index is 1640. The van der Waals surface area contributed by atoms with Crippen molar-refractivity contribution >= 4 is 22.9 Å². The Kier molecular flexibility index (Phi) is 7.14. The van der Waals surface area contributed by atoms with Crippen molar-refractivity contribution in [1.29, 1.82) is 5.26 Å². The predicted molar refractivity (Wildman–Crippen MR) is 156 cm³/mol. The van der Waals surface area contributed by atoms with Crippen LogP contribution >= 0.6 is 0 Å². The number of β-amino-alcohol motifs (C(OH)–C–C–N with tert-alkyl or cyclic N) is 1. The van der Waals surface area contributed by atoms with Crippen LogP contribution < -0.4 is 9.80 Å². The normalized spacial score (nSPS) is 21.9. The monoisotopic (exact) mass is 592 g/mol. The molecule has 0 amide bonds. The Hall–Kier alpha value is -4.41. The van der Waals surface area contributed by atoms with Crippen LogP contribution in [0.25, 0.3) is 16.6 Å². The molecule has 43 heavy (non-hydrogen) atoms. The third-order valence-electron chi connectivity index (χ3n) is 8.52. The summed E-state index contributed by atoms with van der Waals surface area (Å²) in [6.07, 6.45) is 4.87. The van der Waals surface area contributed by atoms with Crippen molar-refractivity contribution in [3.63, 3.8) is 0 Å². The van der Waals surface area contributed by atoms with Gasteiger partial charge in [0.25, 0.3) is 0 Å². The van der Waals surface area contributed by atoms with Crippen LogP contribution in [0.1, 0.15) is 12.0 Å². The molecule has 1 N–H and O–H groups in total. The van der Waals surface area contributed by atoms with Gasteiger partial charge in [0.15, 0.2) is 5.60 Å². The molecule has 0 saturated carbocycles. The SMILES string of the molecule is C=C(/C=C\C(=N/C)OC)CN1C2CC1CN(c1ccc(-c3cc(N4CC(O)(C(F)(F)F)C4)cn4ncc(C#N)c34)cn1)C2. The summed E-state index contributed by atoms with van der Waals surface area (Å²) in [5.74, 6) is 1.38. The molecule has 3 aromatic rings. The Labute approximate surface area is 246 Å². The average molecular weight is 593 g/mol. The van der Waals surface area contributed by atoms with Gasteiger partial charge in [0.1, 0.15) is 11.9 Å². The molecule has 4 aliphatic heterocycles. The van der Waals surface area contributed by atoms with E-state index in [9.17, 15) is 23.5 Å². The van der Waals surface area contributed by atoms with Gasteiger partial charge in [-0.2, -0.15) is 23.5 Å². The smallest absolute Gasteiger partial charge is 0.420 e. The molecular weight excluding hydrogens is 561 g/mol. The van der Waals surface area contributed by atoms with Crippen molar-refractivity contribution in [2.24, 2.45) is 4.99 Å². The number of halogens is 3. The first kappa shape index (κ1) is 28.7. The first-order valence-corrected chi connectivity index (χ1v) is 13.8. The third kappa shape index (κ3) is 5.10. The molecule has 2 atom stereocenters. The maximum atomic E-state index is 13.2. The van der Waals surface area contributed by atoms with E-state index >= 15 is 0 Å². The molecule has 10 nitrogen and oxygen atoms in total. The molecule has 4 aliphatic rings. The second-order valence-corrected chi connectivity index (χ2v) is 11.2. The summed E-state index contributed by atoms with van der Waals surface area (Å²) in [5, 5.41) is 23.9. The molecular formula is C30H31F3N8O2.